The van der Waals surface area contributed by atoms with Crippen molar-refractivity contribution in [1.29, 1.82) is 0 Å². The van der Waals surface area contributed by atoms with Gasteiger partial charge in [0.1, 0.15) is 0 Å². The topological polar surface area (TPSA) is 9.23 Å². The lowest BCUT2D eigenvalue weighted by atomic mass is 9.48. The first-order chi connectivity index (χ1) is 11.2. The monoisotopic (exact) mass is 316 g/mol. The zero-order chi connectivity index (χ0) is 15.7. The molecule has 0 amide bonds. The van der Waals surface area contributed by atoms with Crippen LogP contribution < -0.4 is 0 Å². The maximum atomic E-state index is 5.60. The number of hydrogen-bond donors (Lipinski definition) is 0. The molecule has 1 aliphatic heterocycles. The summed E-state index contributed by atoms with van der Waals surface area (Å²) in [7, 11) is 0. The fraction of sp³-hybridized carbons (Fsp3) is 1.00. The maximum Gasteiger partial charge on any atom is 0.0544 e. The van der Waals surface area contributed by atoms with Gasteiger partial charge in [-0.05, 0) is 98.7 Å². The van der Waals surface area contributed by atoms with Crippen LogP contribution in [0.2, 0.25) is 0 Å². The Hall–Kier alpha value is -0.0400. The smallest absolute Gasteiger partial charge is 0.0544 e. The van der Waals surface area contributed by atoms with E-state index in [9.17, 15) is 0 Å². The second-order valence-electron chi connectivity index (χ2n) is 10.4. The maximum absolute atomic E-state index is 5.60. The summed E-state index contributed by atoms with van der Waals surface area (Å²) in [6, 6.07) is 0. The average molecular weight is 317 g/mol. The van der Waals surface area contributed by atoms with Crippen molar-refractivity contribution in [2.45, 2.75) is 78.1 Å². The Labute approximate surface area is 142 Å². The van der Waals surface area contributed by atoms with E-state index in [2.05, 4.69) is 13.8 Å². The van der Waals surface area contributed by atoms with E-state index in [4.69, 9.17) is 4.74 Å². The molecule has 4 aliphatic carbocycles. The molecule has 0 aromatic heterocycles. The standard InChI is InChI=1S/C22H36O/c1-3-16-5-7-20-19-6-4-15-12-22(13-23-14-22)11-9-17(15)18(19)8-10-21(16,20)2/h15-20H,3-14H2,1-2H3/t15-,16+,17+,18-,19-,20+,21-/m1/s1. The van der Waals surface area contributed by atoms with E-state index < -0.39 is 0 Å². The molecule has 7 atom stereocenters. The highest BCUT2D eigenvalue weighted by Crippen LogP contribution is 2.65. The van der Waals surface area contributed by atoms with Gasteiger partial charge in [-0.25, -0.2) is 0 Å². The minimum atomic E-state index is 0.637. The molecule has 0 N–H and O–H groups in total. The van der Waals surface area contributed by atoms with Gasteiger partial charge in [0.25, 0.3) is 0 Å². The Bertz CT molecular complexity index is 467. The summed E-state index contributed by atoms with van der Waals surface area (Å²) in [5.41, 5.74) is 1.35. The Morgan fingerprint density at radius 2 is 1.70 bits per heavy atom. The minimum Gasteiger partial charge on any atom is -0.380 e. The van der Waals surface area contributed by atoms with Crippen LogP contribution in [-0.2, 0) is 4.74 Å². The summed E-state index contributed by atoms with van der Waals surface area (Å²) in [5.74, 6) is 6.45. The van der Waals surface area contributed by atoms with Gasteiger partial charge >= 0.3 is 0 Å². The molecule has 0 radical (unpaired) electrons. The van der Waals surface area contributed by atoms with E-state index in [1.54, 1.807) is 32.1 Å². The van der Waals surface area contributed by atoms with Crippen molar-refractivity contribution in [3.05, 3.63) is 0 Å². The molecule has 1 spiro atoms. The van der Waals surface area contributed by atoms with Crippen molar-refractivity contribution >= 4 is 0 Å². The summed E-state index contributed by atoms with van der Waals surface area (Å²) in [6.07, 6.45) is 15.3. The first-order valence-electron chi connectivity index (χ1n) is 10.7. The molecule has 0 unspecified atom stereocenters. The van der Waals surface area contributed by atoms with Crippen molar-refractivity contribution in [1.82, 2.24) is 0 Å². The van der Waals surface area contributed by atoms with Crippen LogP contribution in [0.15, 0.2) is 0 Å². The zero-order valence-corrected chi connectivity index (χ0v) is 15.4. The van der Waals surface area contributed by atoms with Gasteiger partial charge in [-0.2, -0.15) is 0 Å². The summed E-state index contributed by atoms with van der Waals surface area (Å²) < 4.78 is 5.60. The van der Waals surface area contributed by atoms with Crippen LogP contribution in [-0.4, -0.2) is 13.2 Å². The van der Waals surface area contributed by atoms with Crippen molar-refractivity contribution in [2.24, 2.45) is 46.3 Å². The van der Waals surface area contributed by atoms with E-state index in [0.29, 0.717) is 10.8 Å². The van der Waals surface area contributed by atoms with Gasteiger partial charge in [-0.15, -0.1) is 0 Å². The highest BCUT2D eigenvalue weighted by atomic mass is 16.5. The highest BCUT2D eigenvalue weighted by molar-refractivity contribution is 5.07. The van der Waals surface area contributed by atoms with E-state index in [-0.39, 0.29) is 0 Å². The third-order valence-corrected chi connectivity index (χ3v) is 9.73. The van der Waals surface area contributed by atoms with Crippen LogP contribution in [0, 0.1) is 46.3 Å². The van der Waals surface area contributed by atoms with E-state index in [1.165, 1.54) is 32.1 Å². The van der Waals surface area contributed by atoms with Crippen LogP contribution in [0.5, 0.6) is 0 Å². The summed E-state index contributed by atoms with van der Waals surface area (Å²) in [5, 5.41) is 0. The Balaban J connectivity index is 1.35. The first-order valence-corrected chi connectivity index (χ1v) is 10.7. The van der Waals surface area contributed by atoms with Crippen LogP contribution in [0.25, 0.3) is 0 Å². The van der Waals surface area contributed by atoms with Crippen LogP contribution in [0.1, 0.15) is 78.1 Å². The molecule has 23 heavy (non-hydrogen) atoms. The van der Waals surface area contributed by atoms with Crippen LogP contribution in [0.3, 0.4) is 0 Å². The normalized spacial score (nSPS) is 54.0. The Morgan fingerprint density at radius 3 is 2.43 bits per heavy atom. The minimum absolute atomic E-state index is 0.637. The van der Waals surface area contributed by atoms with Crippen molar-refractivity contribution in [2.75, 3.05) is 13.2 Å². The van der Waals surface area contributed by atoms with Crippen LogP contribution >= 0.6 is 0 Å². The number of hydrogen-bond acceptors (Lipinski definition) is 1. The van der Waals surface area contributed by atoms with E-state index in [1.807, 2.05) is 0 Å². The molecular weight excluding hydrogens is 280 g/mol. The van der Waals surface area contributed by atoms with Gasteiger partial charge in [0.05, 0.1) is 13.2 Å². The van der Waals surface area contributed by atoms with Crippen molar-refractivity contribution in [3.8, 4) is 0 Å². The first kappa shape index (κ1) is 15.2. The van der Waals surface area contributed by atoms with Gasteiger partial charge in [-0.1, -0.05) is 20.3 Å². The summed E-state index contributed by atoms with van der Waals surface area (Å²) >= 11 is 0. The molecule has 0 aromatic rings. The number of rotatable bonds is 1. The predicted octanol–water partition coefficient (Wildman–Crippen LogP) is 5.68. The molecule has 5 aliphatic rings. The second-order valence-corrected chi connectivity index (χ2v) is 10.4. The molecule has 4 saturated carbocycles. The lowest BCUT2D eigenvalue weighted by Gasteiger charge is -2.59. The highest BCUT2D eigenvalue weighted by Gasteiger charge is 2.57. The van der Waals surface area contributed by atoms with Crippen molar-refractivity contribution in [3.63, 3.8) is 0 Å². The molecule has 1 saturated heterocycles. The van der Waals surface area contributed by atoms with Gasteiger partial charge in [-0.3, -0.25) is 0 Å². The second kappa shape index (κ2) is 5.23. The molecule has 0 aromatic carbocycles. The lowest BCUT2D eigenvalue weighted by molar-refractivity contribution is -0.168. The third kappa shape index (κ3) is 2.07. The quantitative estimate of drug-likeness (QED) is 0.604. The molecule has 1 heteroatoms. The SMILES string of the molecule is CC[C@H]1CC[C@H]2[C@@H]3CC[C@@H]4CC5(CC[C@@H]4[C@H]3CC[C@]12C)COC5. The van der Waals surface area contributed by atoms with E-state index in [0.717, 1.165) is 48.7 Å². The zero-order valence-electron chi connectivity index (χ0n) is 15.4. The van der Waals surface area contributed by atoms with E-state index >= 15 is 0 Å². The molecule has 1 nitrogen and oxygen atoms in total. The Morgan fingerprint density at radius 1 is 0.870 bits per heavy atom. The lowest BCUT2D eigenvalue weighted by Crippen LogP contribution is -2.53. The largest absolute Gasteiger partial charge is 0.380 e. The van der Waals surface area contributed by atoms with Gasteiger partial charge in [0.2, 0.25) is 0 Å². The molecule has 5 rings (SSSR count). The molecule has 5 fully saturated rings. The molecule has 130 valence electrons. The van der Waals surface area contributed by atoms with Crippen molar-refractivity contribution < 1.29 is 4.74 Å². The summed E-state index contributed by atoms with van der Waals surface area (Å²) in [4.78, 5) is 0. The molecular formula is C22H36O. The summed E-state index contributed by atoms with van der Waals surface area (Å²) in [6.45, 7) is 7.30. The molecule has 1 heterocycles. The predicted molar refractivity (Wildman–Crippen MR) is 94.1 cm³/mol. The average Bonchev–Trinajstić information content (AvgIpc) is 2.89. The number of fused-ring (bicyclic) bond motifs is 5. The molecule has 0 bridgehead atoms. The third-order valence-electron chi connectivity index (χ3n) is 9.73. The fourth-order valence-corrected chi connectivity index (χ4v) is 8.50. The van der Waals surface area contributed by atoms with Gasteiger partial charge < -0.3 is 4.74 Å². The van der Waals surface area contributed by atoms with Gasteiger partial charge in [0.15, 0.2) is 0 Å². The fourth-order valence-electron chi connectivity index (χ4n) is 8.50. The van der Waals surface area contributed by atoms with Gasteiger partial charge in [0, 0.05) is 5.41 Å². The number of ether oxygens (including phenoxy) is 1. The Kier molecular flexibility index (Phi) is 3.46. The van der Waals surface area contributed by atoms with Crippen LogP contribution in [0.4, 0.5) is 0 Å².